The van der Waals surface area contributed by atoms with E-state index in [1.165, 1.54) is 22.4 Å². The normalized spacial score (nSPS) is 18.3. The number of H-pyrrole nitrogens is 1. The Bertz CT molecular complexity index is 817. The van der Waals surface area contributed by atoms with Gasteiger partial charge < -0.3 is 14.8 Å². The van der Waals surface area contributed by atoms with E-state index in [4.69, 9.17) is 9.72 Å². The topological polar surface area (TPSA) is 64.6 Å². The van der Waals surface area contributed by atoms with Crippen molar-refractivity contribution in [2.24, 2.45) is 0 Å². The Kier molecular flexibility index (Phi) is 7.33. The monoisotopic (exact) mass is 400 g/mol. The fraction of sp³-hybridized carbons (Fsp3) is 0.609. The Labute approximate surface area is 174 Å². The van der Waals surface area contributed by atoms with Gasteiger partial charge in [0, 0.05) is 57.5 Å². The summed E-state index contributed by atoms with van der Waals surface area (Å²) in [6.45, 7) is 13.5. The average Bonchev–Trinajstić information content (AvgIpc) is 3.07. The Morgan fingerprint density at radius 1 is 1.17 bits per heavy atom. The summed E-state index contributed by atoms with van der Waals surface area (Å²) in [6, 6.07) is 4.60. The molecule has 2 N–H and O–H groups in total. The molecule has 0 spiro atoms. The van der Waals surface area contributed by atoms with Crippen LogP contribution in [-0.4, -0.2) is 64.3 Å². The highest BCUT2D eigenvalue weighted by Crippen LogP contribution is 2.26. The van der Waals surface area contributed by atoms with Crippen molar-refractivity contribution in [3.8, 4) is 5.75 Å². The number of rotatable bonds is 8. The molecule has 1 fully saturated rings. The molecule has 2 aromatic rings. The fourth-order valence-corrected chi connectivity index (χ4v) is 4.29. The third-order valence-corrected chi connectivity index (χ3v) is 6.34. The zero-order valence-electron chi connectivity index (χ0n) is 18.6. The molecule has 0 radical (unpaired) electrons. The Hall–Kier alpha value is -1.89. The zero-order chi connectivity index (χ0) is 21.0. The molecule has 0 saturated carbocycles. The first-order valence-electron chi connectivity index (χ1n) is 10.7. The van der Waals surface area contributed by atoms with Crippen molar-refractivity contribution in [3.05, 3.63) is 46.0 Å². The molecule has 1 aromatic carbocycles. The van der Waals surface area contributed by atoms with Gasteiger partial charge in [0.2, 0.25) is 0 Å². The maximum atomic E-state index is 9.65. The summed E-state index contributed by atoms with van der Waals surface area (Å²) in [5.74, 6) is 2.01. The molecule has 1 aliphatic heterocycles. The fourth-order valence-electron chi connectivity index (χ4n) is 4.29. The van der Waals surface area contributed by atoms with Crippen molar-refractivity contribution in [1.82, 2.24) is 19.8 Å². The van der Waals surface area contributed by atoms with Gasteiger partial charge in [0.1, 0.15) is 11.6 Å². The lowest BCUT2D eigenvalue weighted by molar-refractivity contribution is 0.0492. The summed E-state index contributed by atoms with van der Waals surface area (Å²) in [4.78, 5) is 13.1. The van der Waals surface area contributed by atoms with Gasteiger partial charge >= 0.3 is 0 Å². The van der Waals surface area contributed by atoms with E-state index in [0.717, 1.165) is 62.8 Å². The van der Waals surface area contributed by atoms with E-state index in [2.05, 4.69) is 54.6 Å². The molecular weight excluding hydrogens is 364 g/mol. The molecule has 0 amide bonds. The van der Waals surface area contributed by atoms with Crippen LogP contribution in [-0.2, 0) is 19.5 Å². The molecule has 1 aliphatic rings. The maximum absolute atomic E-state index is 9.65. The number of piperazine rings is 1. The summed E-state index contributed by atoms with van der Waals surface area (Å²) in [6.07, 6.45) is 1.73. The molecule has 0 bridgehead atoms. The predicted octanol–water partition coefficient (Wildman–Crippen LogP) is 2.97. The number of benzene rings is 1. The molecule has 6 heteroatoms. The van der Waals surface area contributed by atoms with Gasteiger partial charge in [-0.25, -0.2) is 4.98 Å². The summed E-state index contributed by atoms with van der Waals surface area (Å²) in [7, 11) is 1.72. The average molecular weight is 401 g/mol. The minimum Gasteiger partial charge on any atom is -0.496 e. The van der Waals surface area contributed by atoms with Gasteiger partial charge in [0.05, 0.1) is 12.8 Å². The van der Waals surface area contributed by atoms with Crippen LogP contribution in [0.2, 0.25) is 0 Å². The highest BCUT2D eigenvalue weighted by molar-refractivity contribution is 5.43. The summed E-state index contributed by atoms with van der Waals surface area (Å²) in [5, 5.41) is 9.65. The smallest absolute Gasteiger partial charge is 0.122 e. The van der Waals surface area contributed by atoms with Gasteiger partial charge in [-0.2, -0.15) is 0 Å². The number of methoxy groups -OCH3 is 1. The number of aliphatic hydroxyl groups is 1. The van der Waals surface area contributed by atoms with Crippen LogP contribution in [0.25, 0.3) is 0 Å². The molecule has 29 heavy (non-hydrogen) atoms. The van der Waals surface area contributed by atoms with Crippen LogP contribution in [0.4, 0.5) is 0 Å². The molecule has 1 aromatic heterocycles. The second-order valence-electron chi connectivity index (χ2n) is 8.16. The van der Waals surface area contributed by atoms with E-state index in [-0.39, 0.29) is 6.61 Å². The molecule has 1 saturated heterocycles. The molecule has 1 atom stereocenters. The van der Waals surface area contributed by atoms with Crippen LogP contribution in [0.3, 0.4) is 0 Å². The van der Waals surface area contributed by atoms with Crippen LogP contribution >= 0.6 is 0 Å². The van der Waals surface area contributed by atoms with Crippen molar-refractivity contribution in [3.63, 3.8) is 0 Å². The lowest BCUT2D eigenvalue weighted by Gasteiger charge is -2.41. The van der Waals surface area contributed by atoms with Crippen LogP contribution in [0.5, 0.6) is 5.75 Å². The van der Waals surface area contributed by atoms with E-state index in [9.17, 15) is 5.11 Å². The predicted molar refractivity (Wildman–Crippen MR) is 116 cm³/mol. The first-order chi connectivity index (χ1) is 14.0. The minimum absolute atomic E-state index is 0.219. The lowest BCUT2D eigenvalue weighted by atomic mass is 10.00. The molecule has 6 nitrogen and oxygen atoms in total. The maximum Gasteiger partial charge on any atom is 0.122 e. The lowest BCUT2D eigenvalue weighted by Crippen LogP contribution is -2.52. The number of ether oxygens (including phenoxy) is 1. The number of aliphatic hydroxyl groups excluding tert-OH is 1. The number of imidazole rings is 1. The number of nitrogens with zero attached hydrogens (tertiary/aromatic N) is 3. The van der Waals surface area contributed by atoms with Crippen LogP contribution in [0, 0.1) is 20.8 Å². The number of hydrogen-bond acceptors (Lipinski definition) is 5. The summed E-state index contributed by atoms with van der Waals surface area (Å²) >= 11 is 0. The van der Waals surface area contributed by atoms with E-state index < -0.39 is 0 Å². The number of aryl methyl sites for hydroxylation is 2. The molecule has 160 valence electrons. The van der Waals surface area contributed by atoms with E-state index >= 15 is 0 Å². The molecule has 2 heterocycles. The Balaban J connectivity index is 1.69. The highest BCUT2D eigenvalue weighted by atomic mass is 16.5. The van der Waals surface area contributed by atoms with Gasteiger partial charge in [-0.3, -0.25) is 9.80 Å². The second-order valence-corrected chi connectivity index (χ2v) is 8.16. The van der Waals surface area contributed by atoms with Crippen molar-refractivity contribution in [2.45, 2.75) is 59.7 Å². The van der Waals surface area contributed by atoms with Gasteiger partial charge in [0.25, 0.3) is 0 Å². The standard InChI is InChI=1S/C23H36N4O2/c1-6-23-24-18(4)21(25-23)15-26-10-11-27(20(14-26)9-12-28)13-19-7-8-22(29-5)17(3)16(19)2/h7-8,20,28H,6,9-15H2,1-5H3,(H,24,25)/t20-/m0/s1. The molecular formula is C23H36N4O2. The molecule has 0 aliphatic carbocycles. The van der Waals surface area contributed by atoms with Crippen LogP contribution in [0.15, 0.2) is 12.1 Å². The van der Waals surface area contributed by atoms with Gasteiger partial charge in [-0.05, 0) is 49.9 Å². The number of nitrogens with one attached hydrogen (secondary N) is 1. The van der Waals surface area contributed by atoms with Gasteiger partial charge in [-0.15, -0.1) is 0 Å². The third kappa shape index (κ3) is 5.00. The quantitative estimate of drug-likeness (QED) is 0.713. The zero-order valence-corrected chi connectivity index (χ0v) is 18.6. The third-order valence-electron chi connectivity index (χ3n) is 6.34. The van der Waals surface area contributed by atoms with Crippen molar-refractivity contribution >= 4 is 0 Å². The van der Waals surface area contributed by atoms with E-state index in [1.54, 1.807) is 7.11 Å². The van der Waals surface area contributed by atoms with E-state index in [0.29, 0.717) is 6.04 Å². The SMILES string of the molecule is CCc1nc(CN2CCN(Cc3ccc(OC)c(C)c3C)[C@@H](CCO)C2)c(C)[nH]1. The number of aromatic amines is 1. The van der Waals surface area contributed by atoms with Crippen molar-refractivity contribution < 1.29 is 9.84 Å². The van der Waals surface area contributed by atoms with Gasteiger partial charge in [0.15, 0.2) is 0 Å². The van der Waals surface area contributed by atoms with Crippen molar-refractivity contribution in [1.29, 1.82) is 0 Å². The van der Waals surface area contributed by atoms with Crippen molar-refractivity contribution in [2.75, 3.05) is 33.4 Å². The second kappa shape index (κ2) is 9.74. The first-order valence-corrected chi connectivity index (χ1v) is 10.7. The molecule has 0 unspecified atom stereocenters. The minimum atomic E-state index is 0.219. The van der Waals surface area contributed by atoms with Gasteiger partial charge in [-0.1, -0.05) is 13.0 Å². The molecule has 3 rings (SSSR count). The largest absolute Gasteiger partial charge is 0.496 e. The van der Waals surface area contributed by atoms with Crippen LogP contribution in [0.1, 0.15) is 47.2 Å². The van der Waals surface area contributed by atoms with Crippen LogP contribution < -0.4 is 4.74 Å². The highest BCUT2D eigenvalue weighted by Gasteiger charge is 2.28. The Morgan fingerprint density at radius 3 is 2.62 bits per heavy atom. The van der Waals surface area contributed by atoms with E-state index in [1.807, 2.05) is 0 Å². The number of aromatic nitrogens is 2. The Morgan fingerprint density at radius 2 is 1.97 bits per heavy atom. The summed E-state index contributed by atoms with van der Waals surface area (Å²) in [5.41, 5.74) is 6.18. The number of hydrogen-bond donors (Lipinski definition) is 2. The first kappa shape index (κ1) is 21.8. The summed E-state index contributed by atoms with van der Waals surface area (Å²) < 4.78 is 5.46.